The third kappa shape index (κ3) is 1.81. The van der Waals surface area contributed by atoms with Crippen LogP contribution in [0.1, 0.15) is 0 Å². The van der Waals surface area contributed by atoms with Crippen molar-refractivity contribution in [2.24, 2.45) is 0 Å². The second kappa shape index (κ2) is 3.87. The summed E-state index contributed by atoms with van der Waals surface area (Å²) in [7, 11) is -3.50. The largest absolute Gasteiger partial charge is 0.348 e. The number of aromatic amines is 1. The predicted octanol–water partition coefficient (Wildman–Crippen LogP) is -0.570. The van der Waals surface area contributed by atoms with Gasteiger partial charge in [-0.15, -0.1) is 11.6 Å². The van der Waals surface area contributed by atoms with Crippen molar-refractivity contribution in [1.29, 1.82) is 0 Å². The number of nitrogens with one attached hydrogen (secondary N) is 1. The minimum absolute atomic E-state index is 0.0113. The van der Waals surface area contributed by atoms with Gasteiger partial charge in [0.05, 0.1) is 5.75 Å². The lowest BCUT2D eigenvalue weighted by molar-refractivity contribution is 0.593. The van der Waals surface area contributed by atoms with Gasteiger partial charge in [-0.1, -0.05) is 0 Å². The quantitative estimate of drug-likeness (QED) is 0.590. The lowest BCUT2D eigenvalue weighted by Crippen LogP contribution is -2.13. The van der Waals surface area contributed by atoms with E-state index in [0.29, 0.717) is 0 Å². The molecule has 2 rings (SSSR count). The van der Waals surface area contributed by atoms with Crippen LogP contribution in [0.25, 0.3) is 5.65 Å². The standard InChI is InChI=1S/C7H7ClN4O3S/c8-1-2-16(14,15)6-3-5-10-11-7(13)12(5)4-9-6/h3-4H,1-2H2,(H,11,13). The number of H-pyrrole nitrogens is 1. The van der Waals surface area contributed by atoms with Crippen LogP contribution in [0, 0.1) is 0 Å². The molecule has 1 N–H and O–H groups in total. The van der Waals surface area contributed by atoms with Gasteiger partial charge in [-0.25, -0.2) is 27.7 Å². The topological polar surface area (TPSA) is 97.2 Å². The Kier molecular flexibility index (Phi) is 2.68. The Morgan fingerprint density at radius 3 is 2.94 bits per heavy atom. The minimum Gasteiger partial charge on any atom is -0.246 e. The Labute approximate surface area is 95.0 Å². The maximum absolute atomic E-state index is 11.6. The summed E-state index contributed by atoms with van der Waals surface area (Å²) >= 11 is 5.37. The van der Waals surface area contributed by atoms with Gasteiger partial charge in [0.25, 0.3) is 0 Å². The van der Waals surface area contributed by atoms with Crippen LogP contribution in [0.2, 0.25) is 0 Å². The van der Waals surface area contributed by atoms with E-state index in [1.54, 1.807) is 0 Å². The zero-order valence-electron chi connectivity index (χ0n) is 7.92. The lowest BCUT2D eigenvalue weighted by atomic mass is 10.6. The summed E-state index contributed by atoms with van der Waals surface area (Å²) in [5.41, 5.74) is -0.267. The first-order valence-electron chi connectivity index (χ1n) is 4.26. The van der Waals surface area contributed by atoms with Crippen LogP contribution >= 0.6 is 11.6 Å². The molecule has 0 fully saturated rings. The van der Waals surface area contributed by atoms with E-state index in [2.05, 4.69) is 15.2 Å². The van der Waals surface area contributed by atoms with E-state index in [0.717, 1.165) is 10.7 Å². The molecule has 2 aromatic rings. The van der Waals surface area contributed by atoms with Crippen LogP contribution in [0.15, 0.2) is 22.2 Å². The van der Waals surface area contributed by atoms with Gasteiger partial charge < -0.3 is 0 Å². The van der Waals surface area contributed by atoms with Crippen molar-refractivity contribution in [2.75, 3.05) is 11.6 Å². The molecule has 0 aliphatic carbocycles. The molecule has 0 bridgehead atoms. The van der Waals surface area contributed by atoms with Crippen molar-refractivity contribution < 1.29 is 8.42 Å². The van der Waals surface area contributed by atoms with Crippen molar-refractivity contribution in [1.82, 2.24) is 19.6 Å². The van der Waals surface area contributed by atoms with E-state index in [1.165, 1.54) is 6.07 Å². The number of hydrogen-bond donors (Lipinski definition) is 1. The number of halogens is 1. The summed E-state index contributed by atoms with van der Waals surface area (Å²) in [6.45, 7) is 0. The molecule has 0 radical (unpaired) electrons. The van der Waals surface area contributed by atoms with Gasteiger partial charge in [-0.2, -0.15) is 5.10 Å². The smallest absolute Gasteiger partial charge is 0.246 e. The molecule has 0 saturated heterocycles. The molecule has 0 amide bonds. The van der Waals surface area contributed by atoms with Gasteiger partial charge in [-0.3, -0.25) is 0 Å². The first kappa shape index (κ1) is 11.1. The Balaban J connectivity index is 2.60. The molecule has 16 heavy (non-hydrogen) atoms. The summed E-state index contributed by atoms with van der Waals surface area (Å²) in [6.07, 6.45) is 1.11. The van der Waals surface area contributed by atoms with Crippen LogP contribution in [0.5, 0.6) is 0 Å². The third-order valence-corrected chi connectivity index (χ3v) is 3.96. The molecule has 0 aliphatic heterocycles. The van der Waals surface area contributed by atoms with Crippen molar-refractivity contribution >= 4 is 27.1 Å². The number of aromatic nitrogens is 4. The number of hydrogen-bond acceptors (Lipinski definition) is 5. The number of fused-ring (bicyclic) bond motifs is 1. The van der Waals surface area contributed by atoms with E-state index in [9.17, 15) is 13.2 Å². The molecular weight excluding hydrogens is 256 g/mol. The van der Waals surface area contributed by atoms with E-state index >= 15 is 0 Å². The zero-order chi connectivity index (χ0) is 11.8. The fourth-order valence-corrected chi connectivity index (χ4v) is 2.68. The second-order valence-electron chi connectivity index (χ2n) is 2.99. The summed E-state index contributed by atoms with van der Waals surface area (Å²) in [6, 6.07) is 1.22. The Morgan fingerprint density at radius 2 is 2.25 bits per heavy atom. The highest BCUT2D eigenvalue weighted by atomic mass is 35.5. The van der Waals surface area contributed by atoms with Crippen molar-refractivity contribution in [2.45, 2.75) is 5.03 Å². The molecule has 7 nitrogen and oxygen atoms in total. The molecule has 9 heteroatoms. The number of nitrogens with zero attached hydrogens (tertiary/aromatic N) is 3. The van der Waals surface area contributed by atoms with Gasteiger partial charge in [0.15, 0.2) is 20.5 Å². The van der Waals surface area contributed by atoms with E-state index in [1.807, 2.05) is 0 Å². The fraction of sp³-hybridized carbons (Fsp3) is 0.286. The maximum atomic E-state index is 11.6. The molecule has 86 valence electrons. The number of rotatable bonds is 3. The molecule has 0 saturated carbocycles. The minimum atomic E-state index is -3.50. The monoisotopic (exact) mass is 262 g/mol. The summed E-state index contributed by atoms with van der Waals surface area (Å²) in [4.78, 5) is 14.8. The second-order valence-corrected chi connectivity index (χ2v) is 5.43. The lowest BCUT2D eigenvalue weighted by Gasteiger charge is -2.00. The van der Waals surface area contributed by atoms with Crippen LogP contribution in [-0.4, -0.2) is 39.6 Å². The molecule has 0 atom stereocenters. The molecule has 2 heterocycles. The summed E-state index contributed by atoms with van der Waals surface area (Å²) < 4.78 is 24.3. The van der Waals surface area contributed by atoms with E-state index in [-0.39, 0.29) is 22.3 Å². The average molecular weight is 263 g/mol. The Hall–Kier alpha value is -1.41. The van der Waals surface area contributed by atoms with Gasteiger partial charge in [0.2, 0.25) is 0 Å². The fourth-order valence-electron chi connectivity index (χ4n) is 1.17. The average Bonchev–Trinajstić information content (AvgIpc) is 2.60. The highest BCUT2D eigenvalue weighted by Gasteiger charge is 2.16. The van der Waals surface area contributed by atoms with Crippen molar-refractivity contribution in [3.8, 4) is 0 Å². The van der Waals surface area contributed by atoms with Gasteiger partial charge >= 0.3 is 5.69 Å². The van der Waals surface area contributed by atoms with Gasteiger partial charge in [0, 0.05) is 11.9 Å². The SMILES string of the molecule is O=c1[nH]nc2cc(S(=O)(=O)CCCl)ncn12. The molecule has 0 aliphatic rings. The molecule has 0 spiro atoms. The molecule has 2 aromatic heterocycles. The molecule has 0 aromatic carbocycles. The number of sulfone groups is 1. The number of alkyl halides is 1. The first-order chi connectivity index (χ1) is 7.54. The van der Waals surface area contributed by atoms with Gasteiger partial charge in [0.1, 0.15) is 6.33 Å². The Bertz CT molecular complexity index is 674. The Morgan fingerprint density at radius 1 is 1.50 bits per heavy atom. The van der Waals surface area contributed by atoms with Crippen LogP contribution in [0.3, 0.4) is 0 Å². The van der Waals surface area contributed by atoms with Crippen LogP contribution < -0.4 is 5.69 Å². The predicted molar refractivity (Wildman–Crippen MR) is 56.4 cm³/mol. The summed E-state index contributed by atoms with van der Waals surface area (Å²) in [5.74, 6) is -0.213. The highest BCUT2D eigenvalue weighted by molar-refractivity contribution is 7.91. The molecule has 0 unspecified atom stereocenters. The normalized spacial score (nSPS) is 12.1. The first-order valence-corrected chi connectivity index (χ1v) is 6.45. The zero-order valence-corrected chi connectivity index (χ0v) is 9.49. The van der Waals surface area contributed by atoms with Crippen LogP contribution in [0.4, 0.5) is 0 Å². The van der Waals surface area contributed by atoms with Gasteiger partial charge in [-0.05, 0) is 0 Å². The van der Waals surface area contributed by atoms with E-state index < -0.39 is 15.5 Å². The molecular formula is C7H7ClN4O3S. The van der Waals surface area contributed by atoms with Crippen molar-refractivity contribution in [3.63, 3.8) is 0 Å². The summed E-state index contributed by atoms with van der Waals surface area (Å²) in [5, 5.41) is 5.69. The highest BCUT2D eigenvalue weighted by Crippen LogP contribution is 2.08. The van der Waals surface area contributed by atoms with Crippen molar-refractivity contribution in [3.05, 3.63) is 22.9 Å². The third-order valence-electron chi connectivity index (χ3n) is 1.95. The maximum Gasteiger partial charge on any atom is 0.348 e. The van der Waals surface area contributed by atoms with Crippen LogP contribution in [-0.2, 0) is 9.84 Å². The van der Waals surface area contributed by atoms with E-state index in [4.69, 9.17) is 11.6 Å².